The van der Waals surface area contributed by atoms with Crippen molar-refractivity contribution < 1.29 is 19.1 Å². The Balaban J connectivity index is 2.86. The average molecular weight is 225 g/mol. The van der Waals surface area contributed by atoms with E-state index in [2.05, 4.69) is 0 Å². The van der Waals surface area contributed by atoms with E-state index in [4.69, 9.17) is 10.8 Å². The molecule has 86 valence electrons. The van der Waals surface area contributed by atoms with Crippen LogP contribution in [0.25, 0.3) is 0 Å². The highest BCUT2D eigenvalue weighted by molar-refractivity contribution is 5.76. The number of carboxylic acid groups (broad SMARTS) is 1. The van der Waals surface area contributed by atoms with Gasteiger partial charge in [0.15, 0.2) is 0 Å². The molecule has 1 amide bonds. The molecule has 16 heavy (non-hydrogen) atoms. The number of carbonyl (C=O) groups is 2. The van der Waals surface area contributed by atoms with Crippen molar-refractivity contribution in [3.63, 3.8) is 0 Å². The summed E-state index contributed by atoms with van der Waals surface area (Å²) in [6.07, 6.45) is -0.257. The number of halogens is 1. The lowest BCUT2D eigenvalue weighted by atomic mass is 9.92. The highest BCUT2D eigenvalue weighted by Gasteiger charge is 2.17. The van der Waals surface area contributed by atoms with Crippen LogP contribution in [0.4, 0.5) is 4.39 Å². The number of carboxylic acids is 1. The van der Waals surface area contributed by atoms with E-state index in [9.17, 15) is 14.0 Å². The molecule has 0 aromatic heterocycles. The molecule has 0 saturated heterocycles. The summed E-state index contributed by atoms with van der Waals surface area (Å²) < 4.78 is 12.7. The molecule has 1 aromatic carbocycles. The molecule has 1 rings (SSSR count). The first-order valence-corrected chi connectivity index (χ1v) is 4.74. The largest absolute Gasteiger partial charge is 0.481 e. The molecule has 0 aliphatic heterocycles. The van der Waals surface area contributed by atoms with Crippen molar-refractivity contribution in [3.8, 4) is 0 Å². The van der Waals surface area contributed by atoms with Gasteiger partial charge in [-0.05, 0) is 17.7 Å². The molecular formula is C11H12FNO3. The Morgan fingerprint density at radius 2 is 1.81 bits per heavy atom. The highest BCUT2D eigenvalue weighted by atomic mass is 19.1. The van der Waals surface area contributed by atoms with Crippen LogP contribution in [0.1, 0.15) is 24.3 Å². The van der Waals surface area contributed by atoms with Gasteiger partial charge in [-0.1, -0.05) is 12.1 Å². The highest BCUT2D eigenvalue weighted by Crippen LogP contribution is 2.23. The predicted octanol–water partition coefficient (Wildman–Crippen LogP) is 1.26. The van der Waals surface area contributed by atoms with Crippen LogP contribution in [0, 0.1) is 5.82 Å². The predicted molar refractivity (Wildman–Crippen MR) is 55.2 cm³/mol. The van der Waals surface area contributed by atoms with Crippen molar-refractivity contribution in [2.45, 2.75) is 18.8 Å². The minimum atomic E-state index is -1.02. The Hall–Kier alpha value is -1.91. The van der Waals surface area contributed by atoms with Gasteiger partial charge in [0.2, 0.25) is 5.91 Å². The normalized spacial score (nSPS) is 12.1. The van der Waals surface area contributed by atoms with Crippen LogP contribution >= 0.6 is 0 Å². The molecule has 0 bridgehead atoms. The first-order chi connectivity index (χ1) is 7.49. The number of hydrogen-bond acceptors (Lipinski definition) is 2. The van der Waals surface area contributed by atoms with Crippen LogP contribution in [-0.4, -0.2) is 17.0 Å². The number of nitrogens with two attached hydrogens (primary N) is 1. The van der Waals surface area contributed by atoms with Crippen molar-refractivity contribution in [2.24, 2.45) is 5.73 Å². The molecule has 0 unspecified atom stereocenters. The number of primary amides is 1. The van der Waals surface area contributed by atoms with Gasteiger partial charge in [-0.25, -0.2) is 4.39 Å². The number of aliphatic carboxylic acids is 1. The van der Waals surface area contributed by atoms with Crippen molar-refractivity contribution in [3.05, 3.63) is 35.6 Å². The summed E-state index contributed by atoms with van der Waals surface area (Å²) in [7, 11) is 0. The van der Waals surface area contributed by atoms with Gasteiger partial charge >= 0.3 is 5.97 Å². The Labute approximate surface area is 91.9 Å². The average Bonchev–Trinajstić information content (AvgIpc) is 2.16. The number of amides is 1. The van der Waals surface area contributed by atoms with Gasteiger partial charge in [-0.3, -0.25) is 9.59 Å². The molecule has 3 N–H and O–H groups in total. The fourth-order valence-corrected chi connectivity index (χ4v) is 1.50. The van der Waals surface area contributed by atoms with Crippen molar-refractivity contribution >= 4 is 11.9 Å². The Morgan fingerprint density at radius 3 is 2.25 bits per heavy atom. The Morgan fingerprint density at radius 1 is 1.25 bits per heavy atom. The zero-order chi connectivity index (χ0) is 12.1. The quantitative estimate of drug-likeness (QED) is 0.791. The van der Waals surface area contributed by atoms with E-state index in [0.29, 0.717) is 5.56 Å². The van der Waals surface area contributed by atoms with E-state index < -0.39 is 23.6 Å². The van der Waals surface area contributed by atoms with Crippen LogP contribution in [0.15, 0.2) is 24.3 Å². The molecule has 0 radical (unpaired) electrons. The third-order valence-corrected chi connectivity index (χ3v) is 2.21. The molecule has 4 nitrogen and oxygen atoms in total. The summed E-state index contributed by atoms with van der Waals surface area (Å²) in [4.78, 5) is 21.4. The van der Waals surface area contributed by atoms with Crippen LogP contribution in [0.3, 0.4) is 0 Å². The van der Waals surface area contributed by atoms with Crippen LogP contribution in [0.5, 0.6) is 0 Å². The lowest BCUT2D eigenvalue weighted by Gasteiger charge is -2.13. The number of hydrogen-bond donors (Lipinski definition) is 2. The zero-order valence-electron chi connectivity index (χ0n) is 8.52. The summed E-state index contributed by atoms with van der Waals surface area (Å²) >= 11 is 0. The van der Waals surface area contributed by atoms with Gasteiger partial charge in [0.1, 0.15) is 5.82 Å². The van der Waals surface area contributed by atoms with Gasteiger partial charge in [0, 0.05) is 12.3 Å². The van der Waals surface area contributed by atoms with Crippen LogP contribution < -0.4 is 5.73 Å². The minimum Gasteiger partial charge on any atom is -0.481 e. The molecule has 0 aliphatic rings. The molecule has 0 fully saturated rings. The first-order valence-electron chi connectivity index (χ1n) is 4.74. The molecule has 0 spiro atoms. The molecule has 0 aliphatic carbocycles. The summed E-state index contributed by atoms with van der Waals surface area (Å²) in [5, 5.41) is 8.69. The lowest BCUT2D eigenvalue weighted by molar-refractivity contribution is -0.137. The van der Waals surface area contributed by atoms with Crippen LogP contribution in [0.2, 0.25) is 0 Å². The second-order valence-corrected chi connectivity index (χ2v) is 3.52. The second-order valence-electron chi connectivity index (χ2n) is 3.52. The monoisotopic (exact) mass is 225 g/mol. The molecular weight excluding hydrogens is 213 g/mol. The van der Waals surface area contributed by atoms with Gasteiger partial charge in [0.25, 0.3) is 0 Å². The summed E-state index contributed by atoms with van der Waals surface area (Å²) in [5.41, 5.74) is 5.63. The van der Waals surface area contributed by atoms with E-state index in [1.54, 1.807) is 0 Å². The summed E-state index contributed by atoms with van der Waals surface area (Å²) in [6, 6.07) is 5.38. The maximum Gasteiger partial charge on any atom is 0.303 e. The third kappa shape index (κ3) is 3.68. The van der Waals surface area contributed by atoms with Crippen molar-refractivity contribution in [1.82, 2.24) is 0 Å². The van der Waals surface area contributed by atoms with Gasteiger partial charge in [-0.2, -0.15) is 0 Å². The topological polar surface area (TPSA) is 80.4 Å². The smallest absolute Gasteiger partial charge is 0.303 e. The SMILES string of the molecule is NC(=O)C[C@@H](CC(=O)O)c1ccc(F)cc1. The minimum absolute atomic E-state index is 0.0576. The van der Waals surface area contributed by atoms with E-state index in [-0.39, 0.29) is 12.8 Å². The lowest BCUT2D eigenvalue weighted by Crippen LogP contribution is -2.17. The van der Waals surface area contributed by atoms with Gasteiger partial charge in [-0.15, -0.1) is 0 Å². The van der Waals surface area contributed by atoms with E-state index in [0.717, 1.165) is 0 Å². The molecule has 1 aromatic rings. The van der Waals surface area contributed by atoms with E-state index in [1.165, 1.54) is 24.3 Å². The fourth-order valence-electron chi connectivity index (χ4n) is 1.50. The second kappa shape index (κ2) is 5.25. The number of carbonyl (C=O) groups excluding carboxylic acids is 1. The van der Waals surface area contributed by atoms with Crippen molar-refractivity contribution in [2.75, 3.05) is 0 Å². The maximum absolute atomic E-state index is 12.7. The molecule has 5 heteroatoms. The summed E-state index contributed by atoms with van der Waals surface area (Å²) in [6.45, 7) is 0. The summed E-state index contributed by atoms with van der Waals surface area (Å²) in [5.74, 6) is -2.50. The number of rotatable bonds is 5. The fraction of sp³-hybridized carbons (Fsp3) is 0.273. The van der Waals surface area contributed by atoms with E-state index >= 15 is 0 Å². The first kappa shape index (κ1) is 12.2. The van der Waals surface area contributed by atoms with E-state index in [1.807, 2.05) is 0 Å². The Kier molecular flexibility index (Phi) is 3.99. The number of benzene rings is 1. The third-order valence-electron chi connectivity index (χ3n) is 2.21. The molecule has 1 atom stereocenters. The Bertz CT molecular complexity index is 373. The standard InChI is InChI=1S/C11H12FNO3/c12-9-3-1-7(2-4-9)8(5-10(13)14)6-11(15)16/h1-4,8H,5-6H2,(H2,13,14)(H,15,16)/t8-/m0/s1. The van der Waals surface area contributed by atoms with Crippen LogP contribution in [-0.2, 0) is 9.59 Å². The zero-order valence-corrected chi connectivity index (χ0v) is 8.52. The molecule has 0 saturated carbocycles. The van der Waals surface area contributed by atoms with Crippen molar-refractivity contribution in [1.29, 1.82) is 0 Å². The van der Waals surface area contributed by atoms with Gasteiger partial charge < -0.3 is 10.8 Å². The maximum atomic E-state index is 12.7. The molecule has 0 heterocycles. The van der Waals surface area contributed by atoms with Gasteiger partial charge in [0.05, 0.1) is 6.42 Å².